The lowest BCUT2D eigenvalue weighted by atomic mass is 9.80. The number of carbonyl (C=O) groups is 2. The monoisotopic (exact) mass is 354 g/mol. The molecule has 2 amide bonds. The predicted molar refractivity (Wildman–Crippen MR) is 99.4 cm³/mol. The van der Waals surface area contributed by atoms with Gasteiger partial charge in [-0.25, -0.2) is 0 Å². The SMILES string of the molecule is CC(=O)Nc1ccc(NC(=O)CN2CCC(N)C(C)(C)C2)cc1.Cl. The molecular formula is C17H27ClN4O2. The van der Waals surface area contributed by atoms with Crippen molar-refractivity contribution in [3.8, 4) is 0 Å². The lowest BCUT2D eigenvalue weighted by Crippen LogP contribution is -2.53. The van der Waals surface area contributed by atoms with Gasteiger partial charge in [0.05, 0.1) is 6.54 Å². The van der Waals surface area contributed by atoms with Crippen LogP contribution < -0.4 is 16.4 Å². The Morgan fingerprint density at radius 1 is 1.21 bits per heavy atom. The molecule has 1 unspecified atom stereocenters. The zero-order valence-electron chi connectivity index (χ0n) is 14.5. The minimum absolute atomic E-state index is 0. The largest absolute Gasteiger partial charge is 0.327 e. The van der Waals surface area contributed by atoms with E-state index in [2.05, 4.69) is 29.4 Å². The summed E-state index contributed by atoms with van der Waals surface area (Å²) in [6, 6.07) is 7.27. The molecule has 1 aliphatic rings. The number of anilines is 2. The van der Waals surface area contributed by atoms with Crippen molar-refractivity contribution in [3.05, 3.63) is 24.3 Å². The van der Waals surface area contributed by atoms with Crippen LogP contribution in [0.15, 0.2) is 24.3 Å². The Hall–Kier alpha value is -1.63. The zero-order chi connectivity index (χ0) is 17.0. The normalized spacial score (nSPS) is 19.9. The van der Waals surface area contributed by atoms with Gasteiger partial charge in [0.1, 0.15) is 0 Å². The second-order valence-corrected chi connectivity index (χ2v) is 6.90. The van der Waals surface area contributed by atoms with Crippen molar-refractivity contribution >= 4 is 35.6 Å². The maximum atomic E-state index is 12.2. The van der Waals surface area contributed by atoms with E-state index in [1.165, 1.54) is 6.92 Å². The van der Waals surface area contributed by atoms with Gasteiger partial charge in [0.15, 0.2) is 0 Å². The molecule has 0 spiro atoms. The van der Waals surface area contributed by atoms with Crippen molar-refractivity contribution in [3.63, 3.8) is 0 Å². The van der Waals surface area contributed by atoms with E-state index in [0.29, 0.717) is 12.2 Å². The van der Waals surface area contributed by atoms with E-state index in [1.807, 2.05) is 0 Å². The maximum Gasteiger partial charge on any atom is 0.238 e. The number of nitrogens with one attached hydrogen (secondary N) is 2. The van der Waals surface area contributed by atoms with E-state index >= 15 is 0 Å². The number of hydrogen-bond donors (Lipinski definition) is 3. The van der Waals surface area contributed by atoms with E-state index < -0.39 is 0 Å². The molecule has 0 bridgehead atoms. The fraction of sp³-hybridized carbons (Fsp3) is 0.529. The molecule has 1 atom stereocenters. The third-order valence-corrected chi connectivity index (χ3v) is 4.25. The number of halogens is 1. The molecule has 4 N–H and O–H groups in total. The van der Waals surface area contributed by atoms with Crippen LogP contribution in [0.3, 0.4) is 0 Å². The molecule has 24 heavy (non-hydrogen) atoms. The number of piperidine rings is 1. The van der Waals surface area contributed by atoms with Crippen molar-refractivity contribution in [1.82, 2.24) is 4.90 Å². The summed E-state index contributed by atoms with van der Waals surface area (Å²) >= 11 is 0. The summed E-state index contributed by atoms with van der Waals surface area (Å²) in [7, 11) is 0. The van der Waals surface area contributed by atoms with E-state index in [9.17, 15) is 9.59 Å². The third-order valence-electron chi connectivity index (χ3n) is 4.25. The van der Waals surface area contributed by atoms with Gasteiger partial charge in [-0.3, -0.25) is 14.5 Å². The average Bonchev–Trinajstić information content (AvgIpc) is 2.44. The minimum Gasteiger partial charge on any atom is -0.327 e. The minimum atomic E-state index is -0.118. The first-order valence-corrected chi connectivity index (χ1v) is 7.92. The Balaban J connectivity index is 0.00000288. The van der Waals surface area contributed by atoms with E-state index in [4.69, 9.17) is 5.73 Å². The summed E-state index contributed by atoms with van der Waals surface area (Å²) < 4.78 is 0. The Morgan fingerprint density at radius 3 is 2.25 bits per heavy atom. The Kier molecular flexibility index (Phi) is 7.20. The van der Waals surface area contributed by atoms with Crippen LogP contribution in [-0.4, -0.2) is 42.4 Å². The van der Waals surface area contributed by atoms with Gasteiger partial charge >= 0.3 is 0 Å². The van der Waals surface area contributed by atoms with Gasteiger partial charge in [0.25, 0.3) is 0 Å². The van der Waals surface area contributed by atoms with E-state index in [1.54, 1.807) is 24.3 Å². The standard InChI is InChI=1S/C17H26N4O2.ClH/c1-12(22)19-13-4-6-14(7-5-13)20-16(23)10-21-9-8-15(18)17(2,3)11-21;/h4-7,15H,8-11,18H2,1-3H3,(H,19,22)(H,20,23);1H. The van der Waals surface area contributed by atoms with Crippen molar-refractivity contribution in [2.75, 3.05) is 30.3 Å². The van der Waals surface area contributed by atoms with E-state index in [0.717, 1.165) is 25.2 Å². The van der Waals surface area contributed by atoms with Crippen LogP contribution >= 0.6 is 12.4 Å². The van der Waals surface area contributed by atoms with Gasteiger partial charge < -0.3 is 16.4 Å². The number of hydrogen-bond acceptors (Lipinski definition) is 4. The molecule has 6 nitrogen and oxygen atoms in total. The smallest absolute Gasteiger partial charge is 0.238 e. The average molecular weight is 355 g/mol. The van der Waals surface area contributed by atoms with Gasteiger partial charge in [-0.1, -0.05) is 13.8 Å². The number of amides is 2. The third kappa shape index (κ3) is 5.78. The first kappa shape index (κ1) is 20.4. The second-order valence-electron chi connectivity index (χ2n) is 6.90. The molecule has 1 saturated heterocycles. The van der Waals surface area contributed by atoms with Crippen LogP contribution in [0.5, 0.6) is 0 Å². The quantitative estimate of drug-likeness (QED) is 0.772. The van der Waals surface area contributed by atoms with Crippen LogP contribution in [0.2, 0.25) is 0 Å². The highest BCUT2D eigenvalue weighted by atomic mass is 35.5. The van der Waals surface area contributed by atoms with Crippen LogP contribution in [0.4, 0.5) is 11.4 Å². The Labute approximate surface area is 149 Å². The van der Waals surface area contributed by atoms with Gasteiger partial charge in [-0.05, 0) is 36.1 Å². The maximum absolute atomic E-state index is 12.2. The molecule has 0 radical (unpaired) electrons. The number of benzene rings is 1. The van der Waals surface area contributed by atoms with Crippen molar-refractivity contribution < 1.29 is 9.59 Å². The first-order valence-electron chi connectivity index (χ1n) is 7.92. The number of nitrogens with zero attached hydrogens (tertiary/aromatic N) is 1. The fourth-order valence-electron chi connectivity index (χ4n) is 2.86. The summed E-state index contributed by atoms with van der Waals surface area (Å²) in [4.78, 5) is 25.3. The number of carbonyl (C=O) groups excluding carboxylic acids is 2. The summed E-state index contributed by atoms with van der Waals surface area (Å²) in [6.07, 6.45) is 0.908. The van der Waals surface area contributed by atoms with Gasteiger partial charge in [0.2, 0.25) is 11.8 Å². The number of likely N-dealkylation sites (tertiary alicyclic amines) is 1. The molecule has 1 heterocycles. The molecule has 134 valence electrons. The van der Waals surface area contributed by atoms with Crippen molar-refractivity contribution in [1.29, 1.82) is 0 Å². The lowest BCUT2D eigenvalue weighted by molar-refractivity contribution is -0.118. The summed E-state index contributed by atoms with van der Waals surface area (Å²) in [5, 5.41) is 5.58. The van der Waals surface area contributed by atoms with Crippen LogP contribution in [0.1, 0.15) is 27.2 Å². The fourth-order valence-corrected chi connectivity index (χ4v) is 2.86. The molecule has 1 aliphatic heterocycles. The predicted octanol–water partition coefficient (Wildman–Crippen LogP) is 2.06. The molecule has 0 aromatic heterocycles. The molecule has 2 rings (SSSR count). The Morgan fingerprint density at radius 2 is 1.75 bits per heavy atom. The highest BCUT2D eigenvalue weighted by Gasteiger charge is 2.33. The molecule has 1 fully saturated rings. The summed E-state index contributed by atoms with van der Waals surface area (Å²) in [6.45, 7) is 7.78. The van der Waals surface area contributed by atoms with Crippen molar-refractivity contribution in [2.24, 2.45) is 11.1 Å². The van der Waals surface area contributed by atoms with Crippen LogP contribution in [-0.2, 0) is 9.59 Å². The van der Waals surface area contributed by atoms with Gasteiger partial charge in [-0.2, -0.15) is 0 Å². The van der Waals surface area contributed by atoms with E-state index in [-0.39, 0.29) is 35.7 Å². The Bertz CT molecular complexity index is 574. The molecule has 0 aliphatic carbocycles. The molecular weight excluding hydrogens is 328 g/mol. The topological polar surface area (TPSA) is 87.5 Å². The number of nitrogens with two attached hydrogens (primary N) is 1. The summed E-state index contributed by atoms with van der Waals surface area (Å²) in [5.74, 6) is -0.156. The molecule has 0 saturated carbocycles. The highest BCUT2D eigenvalue weighted by molar-refractivity contribution is 5.93. The van der Waals surface area contributed by atoms with Gasteiger partial charge in [0, 0.05) is 37.4 Å². The van der Waals surface area contributed by atoms with Gasteiger partial charge in [-0.15, -0.1) is 12.4 Å². The second kappa shape index (κ2) is 8.46. The molecule has 1 aromatic carbocycles. The summed E-state index contributed by atoms with van der Waals surface area (Å²) in [5.41, 5.74) is 7.58. The molecule has 1 aromatic rings. The lowest BCUT2D eigenvalue weighted by Gasteiger charge is -2.42. The van der Waals surface area contributed by atoms with Crippen molar-refractivity contribution in [2.45, 2.75) is 33.2 Å². The first-order chi connectivity index (χ1) is 10.8. The van der Waals surface area contributed by atoms with Crippen LogP contribution in [0.25, 0.3) is 0 Å². The number of rotatable bonds is 4. The zero-order valence-corrected chi connectivity index (χ0v) is 15.3. The highest BCUT2D eigenvalue weighted by Crippen LogP contribution is 2.27. The van der Waals surface area contributed by atoms with Crippen LogP contribution in [0, 0.1) is 5.41 Å². The molecule has 7 heteroatoms.